The minimum Gasteiger partial charge on any atom is -0.294 e. The SMILES string of the molecule is CC1CCC(C)N1C1CCCN(S(=O)(=O)c2ccc(C#N)cc2)C1. The van der Waals surface area contributed by atoms with E-state index >= 15 is 0 Å². The molecule has 0 saturated carbocycles. The fourth-order valence-electron chi connectivity index (χ4n) is 4.17. The van der Waals surface area contributed by atoms with Crippen LogP contribution in [0.4, 0.5) is 0 Å². The van der Waals surface area contributed by atoms with Crippen molar-refractivity contribution in [3.63, 3.8) is 0 Å². The Bertz CT molecular complexity index is 714. The van der Waals surface area contributed by atoms with Gasteiger partial charge < -0.3 is 0 Å². The number of rotatable bonds is 3. The smallest absolute Gasteiger partial charge is 0.243 e. The van der Waals surface area contributed by atoms with E-state index in [4.69, 9.17) is 5.26 Å². The first-order valence-electron chi connectivity index (χ1n) is 8.71. The summed E-state index contributed by atoms with van der Waals surface area (Å²) in [6.07, 6.45) is 4.35. The van der Waals surface area contributed by atoms with Gasteiger partial charge in [0.05, 0.1) is 16.5 Å². The molecule has 0 bridgehead atoms. The molecular formula is C18H25N3O2S. The summed E-state index contributed by atoms with van der Waals surface area (Å²) in [5.74, 6) is 0. The first kappa shape index (κ1) is 17.4. The largest absolute Gasteiger partial charge is 0.294 e. The Morgan fingerprint density at radius 1 is 1.08 bits per heavy atom. The molecule has 3 atom stereocenters. The molecule has 6 heteroatoms. The lowest BCUT2D eigenvalue weighted by atomic mass is 10.0. The molecule has 0 aliphatic carbocycles. The molecule has 5 nitrogen and oxygen atoms in total. The van der Waals surface area contributed by atoms with Gasteiger partial charge in [0.1, 0.15) is 0 Å². The first-order valence-corrected chi connectivity index (χ1v) is 10.1. The summed E-state index contributed by atoms with van der Waals surface area (Å²) < 4.78 is 27.5. The molecule has 0 aromatic heterocycles. The normalized spacial score (nSPS) is 29.5. The quantitative estimate of drug-likeness (QED) is 0.843. The monoisotopic (exact) mass is 347 g/mol. The summed E-state index contributed by atoms with van der Waals surface area (Å²) in [7, 11) is -3.49. The second kappa shape index (κ2) is 6.83. The van der Waals surface area contributed by atoms with Crippen molar-refractivity contribution in [1.82, 2.24) is 9.21 Å². The third-order valence-corrected chi connectivity index (χ3v) is 7.30. The van der Waals surface area contributed by atoms with E-state index in [1.54, 1.807) is 28.6 Å². The molecule has 2 aliphatic rings. The maximum atomic E-state index is 12.9. The summed E-state index contributed by atoms with van der Waals surface area (Å²) in [5, 5.41) is 8.87. The number of nitriles is 1. The Morgan fingerprint density at radius 2 is 1.71 bits per heavy atom. The van der Waals surface area contributed by atoms with Crippen LogP contribution in [0.5, 0.6) is 0 Å². The Balaban J connectivity index is 1.79. The van der Waals surface area contributed by atoms with Crippen molar-refractivity contribution in [3.05, 3.63) is 29.8 Å². The van der Waals surface area contributed by atoms with E-state index in [1.165, 1.54) is 12.8 Å². The highest BCUT2D eigenvalue weighted by Crippen LogP contribution is 2.31. The highest BCUT2D eigenvalue weighted by Gasteiger charge is 2.38. The second-order valence-corrected chi connectivity index (χ2v) is 8.96. The molecular weight excluding hydrogens is 322 g/mol. The first-order chi connectivity index (χ1) is 11.4. The second-order valence-electron chi connectivity index (χ2n) is 7.02. The van der Waals surface area contributed by atoms with Crippen molar-refractivity contribution in [1.29, 1.82) is 5.26 Å². The number of hydrogen-bond acceptors (Lipinski definition) is 4. The van der Waals surface area contributed by atoms with Gasteiger partial charge in [-0.1, -0.05) is 0 Å². The number of benzene rings is 1. The maximum absolute atomic E-state index is 12.9. The van der Waals surface area contributed by atoms with Gasteiger partial charge in [-0.2, -0.15) is 9.57 Å². The Morgan fingerprint density at radius 3 is 2.29 bits per heavy atom. The predicted molar refractivity (Wildman–Crippen MR) is 92.9 cm³/mol. The van der Waals surface area contributed by atoms with E-state index in [9.17, 15) is 8.42 Å². The Hall–Kier alpha value is -1.42. The van der Waals surface area contributed by atoms with Crippen LogP contribution in [0.2, 0.25) is 0 Å². The van der Waals surface area contributed by atoms with E-state index < -0.39 is 10.0 Å². The zero-order valence-corrected chi connectivity index (χ0v) is 15.2. The summed E-state index contributed by atoms with van der Waals surface area (Å²) in [4.78, 5) is 2.80. The van der Waals surface area contributed by atoms with Crippen LogP contribution in [0, 0.1) is 11.3 Å². The molecule has 2 aliphatic heterocycles. The van der Waals surface area contributed by atoms with Crippen LogP contribution in [0.1, 0.15) is 45.1 Å². The third-order valence-electron chi connectivity index (χ3n) is 5.42. The highest BCUT2D eigenvalue weighted by molar-refractivity contribution is 7.89. The van der Waals surface area contributed by atoms with Gasteiger partial charge in [-0.25, -0.2) is 8.42 Å². The molecule has 2 fully saturated rings. The maximum Gasteiger partial charge on any atom is 0.243 e. The summed E-state index contributed by atoms with van der Waals surface area (Å²) in [6.45, 7) is 5.64. The minimum atomic E-state index is -3.49. The molecule has 0 spiro atoms. The highest BCUT2D eigenvalue weighted by atomic mass is 32.2. The van der Waals surface area contributed by atoms with Crippen molar-refractivity contribution in [2.45, 2.75) is 62.6 Å². The van der Waals surface area contributed by atoms with Crippen molar-refractivity contribution < 1.29 is 8.42 Å². The van der Waals surface area contributed by atoms with Gasteiger partial charge in [0.25, 0.3) is 0 Å². The van der Waals surface area contributed by atoms with Gasteiger partial charge >= 0.3 is 0 Å². The van der Waals surface area contributed by atoms with E-state index in [2.05, 4.69) is 18.7 Å². The Labute approximate surface area is 144 Å². The van der Waals surface area contributed by atoms with Crippen LogP contribution in [0.25, 0.3) is 0 Å². The van der Waals surface area contributed by atoms with Gasteiger partial charge in [-0.15, -0.1) is 0 Å². The van der Waals surface area contributed by atoms with Crippen molar-refractivity contribution in [2.75, 3.05) is 13.1 Å². The number of hydrogen-bond donors (Lipinski definition) is 0. The lowest BCUT2D eigenvalue weighted by Gasteiger charge is -2.41. The standard InChI is InChI=1S/C18H25N3O2S/c1-14-5-6-15(2)21(14)17-4-3-11-20(13-17)24(22,23)18-9-7-16(12-19)8-10-18/h7-10,14-15,17H,3-6,11,13H2,1-2H3. The summed E-state index contributed by atoms with van der Waals surface area (Å²) >= 11 is 0. The molecule has 24 heavy (non-hydrogen) atoms. The van der Waals surface area contributed by atoms with Crippen LogP contribution in [0.15, 0.2) is 29.2 Å². The minimum absolute atomic E-state index is 0.282. The molecule has 1 aromatic rings. The molecule has 3 unspecified atom stereocenters. The zero-order chi connectivity index (χ0) is 17.3. The van der Waals surface area contributed by atoms with Crippen molar-refractivity contribution in [2.24, 2.45) is 0 Å². The molecule has 0 radical (unpaired) electrons. The molecule has 2 heterocycles. The number of sulfonamides is 1. The molecule has 0 amide bonds. The lowest BCUT2D eigenvalue weighted by Crippen LogP contribution is -2.52. The molecule has 2 saturated heterocycles. The predicted octanol–water partition coefficient (Wildman–Crippen LogP) is 2.58. The van der Waals surface area contributed by atoms with Crippen molar-refractivity contribution >= 4 is 10.0 Å². The molecule has 3 rings (SSSR count). The van der Waals surface area contributed by atoms with Crippen LogP contribution < -0.4 is 0 Å². The van der Waals surface area contributed by atoms with Gasteiger partial charge in [0.2, 0.25) is 10.0 Å². The average molecular weight is 347 g/mol. The number of likely N-dealkylation sites (tertiary alicyclic amines) is 1. The Kier molecular flexibility index (Phi) is 4.95. The van der Waals surface area contributed by atoms with E-state index in [0.717, 1.165) is 12.8 Å². The van der Waals surface area contributed by atoms with Crippen LogP contribution in [-0.2, 0) is 10.0 Å². The number of piperidine rings is 1. The van der Waals surface area contributed by atoms with Crippen molar-refractivity contribution in [3.8, 4) is 6.07 Å². The fourth-order valence-corrected chi connectivity index (χ4v) is 5.68. The molecule has 130 valence electrons. The average Bonchev–Trinajstić information content (AvgIpc) is 2.93. The fraction of sp³-hybridized carbons (Fsp3) is 0.611. The van der Waals surface area contributed by atoms with Crippen LogP contribution in [0.3, 0.4) is 0 Å². The van der Waals surface area contributed by atoms with Crippen LogP contribution >= 0.6 is 0 Å². The topological polar surface area (TPSA) is 64.4 Å². The van der Waals surface area contributed by atoms with Gasteiger partial charge in [-0.05, 0) is 63.8 Å². The molecule has 1 aromatic carbocycles. The van der Waals surface area contributed by atoms with E-state index in [0.29, 0.717) is 36.8 Å². The molecule has 0 N–H and O–H groups in total. The third kappa shape index (κ3) is 3.21. The summed E-state index contributed by atoms with van der Waals surface area (Å²) in [5.41, 5.74) is 0.477. The van der Waals surface area contributed by atoms with E-state index in [1.807, 2.05) is 6.07 Å². The van der Waals surface area contributed by atoms with E-state index in [-0.39, 0.29) is 4.90 Å². The number of nitrogens with zero attached hydrogens (tertiary/aromatic N) is 3. The lowest BCUT2D eigenvalue weighted by molar-refractivity contribution is 0.0979. The van der Waals surface area contributed by atoms with Gasteiger partial charge in [-0.3, -0.25) is 4.90 Å². The van der Waals surface area contributed by atoms with Gasteiger partial charge in [0.15, 0.2) is 0 Å². The van der Waals surface area contributed by atoms with Crippen LogP contribution in [-0.4, -0.2) is 48.8 Å². The summed E-state index contributed by atoms with van der Waals surface area (Å²) in [6, 6.07) is 9.61. The van der Waals surface area contributed by atoms with Gasteiger partial charge in [0, 0.05) is 31.2 Å². The zero-order valence-electron chi connectivity index (χ0n) is 14.4.